The molecule has 29 heavy (non-hydrogen) atoms. The van der Waals surface area contributed by atoms with Gasteiger partial charge in [-0.15, -0.1) is 0 Å². The van der Waals surface area contributed by atoms with Crippen molar-refractivity contribution in [3.8, 4) is 33.6 Å². The smallest absolute Gasteiger partial charge is 0.182 e. The largest absolute Gasteiger partial charge is 0.340 e. The van der Waals surface area contributed by atoms with Crippen LogP contribution in [0, 0.1) is 5.82 Å². The number of nitrogens with zero attached hydrogens (tertiary/aromatic N) is 6. The molecule has 5 aromatic rings. The normalized spacial score (nSPS) is 11.3. The number of aromatic nitrogens is 6. The Morgan fingerprint density at radius 2 is 1.62 bits per heavy atom. The van der Waals surface area contributed by atoms with Crippen LogP contribution in [0.25, 0.3) is 44.7 Å². The molecule has 0 radical (unpaired) electrons. The van der Waals surface area contributed by atoms with Crippen LogP contribution in [-0.4, -0.2) is 29.3 Å². The van der Waals surface area contributed by atoms with E-state index in [1.54, 1.807) is 35.5 Å². The lowest BCUT2D eigenvalue weighted by Crippen LogP contribution is -1.96. The predicted octanol–water partition coefficient (Wildman–Crippen LogP) is 4.24. The van der Waals surface area contributed by atoms with Crippen molar-refractivity contribution in [2.24, 2.45) is 14.1 Å². The second kappa shape index (κ2) is 6.63. The summed E-state index contributed by atoms with van der Waals surface area (Å²) < 4.78 is 17.2. The van der Waals surface area contributed by atoms with Crippen LogP contribution in [0.2, 0.25) is 0 Å². The van der Waals surface area contributed by atoms with Crippen molar-refractivity contribution < 1.29 is 4.39 Å². The van der Waals surface area contributed by atoms with E-state index >= 15 is 0 Å². The van der Waals surface area contributed by atoms with E-state index in [2.05, 4.69) is 15.1 Å². The molecular weight excluding hydrogens is 367 g/mol. The molecule has 0 atom stereocenters. The molecule has 0 aliphatic carbocycles. The third kappa shape index (κ3) is 2.97. The first-order valence-corrected chi connectivity index (χ1v) is 9.12. The van der Waals surface area contributed by atoms with Crippen molar-refractivity contribution in [2.75, 3.05) is 0 Å². The summed E-state index contributed by atoms with van der Waals surface area (Å²) in [5, 5.41) is 5.44. The minimum Gasteiger partial charge on any atom is -0.340 e. The van der Waals surface area contributed by atoms with Crippen molar-refractivity contribution >= 4 is 11.0 Å². The van der Waals surface area contributed by atoms with Gasteiger partial charge in [-0.1, -0.05) is 0 Å². The van der Waals surface area contributed by atoms with Crippen LogP contribution in [0.15, 0.2) is 67.5 Å². The van der Waals surface area contributed by atoms with Gasteiger partial charge in [-0.25, -0.2) is 14.4 Å². The molecule has 6 nitrogen and oxygen atoms in total. The first-order chi connectivity index (χ1) is 14.1. The monoisotopic (exact) mass is 384 g/mol. The van der Waals surface area contributed by atoms with Gasteiger partial charge in [0.15, 0.2) is 5.65 Å². The maximum absolute atomic E-state index is 13.6. The molecule has 0 aliphatic heterocycles. The highest BCUT2D eigenvalue weighted by Gasteiger charge is 2.22. The average Bonchev–Trinajstić information content (AvgIpc) is 3.32. The molecule has 4 aromatic heterocycles. The van der Waals surface area contributed by atoms with Gasteiger partial charge in [0.2, 0.25) is 0 Å². The van der Waals surface area contributed by atoms with E-state index in [1.165, 1.54) is 12.1 Å². The summed E-state index contributed by atoms with van der Waals surface area (Å²) in [6.45, 7) is 0. The predicted molar refractivity (Wildman–Crippen MR) is 109 cm³/mol. The SMILES string of the molecule is Cn1cnc(-c2c(-c3ccncc3)c(-c3ccc(F)cc3)nc3nn(C)cc23)c1. The Labute approximate surface area is 166 Å². The molecule has 0 aliphatic rings. The fraction of sp³-hybridized carbons (Fsp3) is 0.0909. The number of imidazole rings is 1. The van der Waals surface area contributed by atoms with Crippen molar-refractivity contribution in [1.82, 2.24) is 29.3 Å². The number of aryl methyl sites for hydroxylation is 2. The summed E-state index contributed by atoms with van der Waals surface area (Å²) >= 11 is 0. The Morgan fingerprint density at radius 1 is 0.862 bits per heavy atom. The minimum absolute atomic E-state index is 0.289. The van der Waals surface area contributed by atoms with E-state index in [0.717, 1.165) is 39.0 Å². The summed E-state index contributed by atoms with van der Waals surface area (Å²) in [6, 6.07) is 10.2. The van der Waals surface area contributed by atoms with Crippen LogP contribution >= 0.6 is 0 Å². The van der Waals surface area contributed by atoms with Crippen LogP contribution in [0.4, 0.5) is 4.39 Å². The van der Waals surface area contributed by atoms with Gasteiger partial charge < -0.3 is 4.57 Å². The number of hydrogen-bond donors (Lipinski definition) is 0. The highest BCUT2D eigenvalue weighted by Crippen LogP contribution is 2.42. The molecule has 4 heterocycles. The molecule has 0 saturated carbocycles. The second-order valence-electron chi connectivity index (χ2n) is 6.92. The molecule has 5 rings (SSSR count). The average molecular weight is 384 g/mol. The third-order valence-electron chi connectivity index (χ3n) is 4.83. The van der Waals surface area contributed by atoms with Crippen molar-refractivity contribution in [3.63, 3.8) is 0 Å². The molecule has 0 fully saturated rings. The molecule has 0 N–H and O–H groups in total. The molecule has 0 bridgehead atoms. The van der Waals surface area contributed by atoms with Gasteiger partial charge in [-0.05, 0) is 42.0 Å². The van der Waals surface area contributed by atoms with Gasteiger partial charge in [0.05, 0.1) is 17.7 Å². The van der Waals surface area contributed by atoms with E-state index in [-0.39, 0.29) is 5.82 Å². The van der Waals surface area contributed by atoms with Gasteiger partial charge in [0, 0.05) is 61.0 Å². The van der Waals surface area contributed by atoms with Crippen LogP contribution in [0.3, 0.4) is 0 Å². The first kappa shape index (κ1) is 17.2. The molecular formula is C22H17FN6. The van der Waals surface area contributed by atoms with Gasteiger partial charge in [-0.3, -0.25) is 9.67 Å². The minimum atomic E-state index is -0.289. The highest BCUT2D eigenvalue weighted by atomic mass is 19.1. The zero-order chi connectivity index (χ0) is 20.0. The Balaban J connectivity index is 1.94. The van der Waals surface area contributed by atoms with Crippen LogP contribution < -0.4 is 0 Å². The van der Waals surface area contributed by atoms with E-state index in [4.69, 9.17) is 4.98 Å². The summed E-state index contributed by atoms with van der Waals surface area (Å²) in [7, 11) is 3.80. The molecule has 142 valence electrons. The Kier molecular flexibility index (Phi) is 3.94. The van der Waals surface area contributed by atoms with E-state index in [1.807, 2.05) is 43.2 Å². The van der Waals surface area contributed by atoms with Crippen LogP contribution in [0.1, 0.15) is 0 Å². The number of fused-ring (bicyclic) bond motifs is 1. The van der Waals surface area contributed by atoms with Crippen LogP contribution in [0.5, 0.6) is 0 Å². The number of rotatable bonds is 3. The molecule has 7 heteroatoms. The topological polar surface area (TPSA) is 61.4 Å². The molecule has 0 amide bonds. The zero-order valence-corrected chi connectivity index (χ0v) is 15.9. The Bertz CT molecular complexity index is 1320. The van der Waals surface area contributed by atoms with Crippen molar-refractivity contribution in [2.45, 2.75) is 0 Å². The molecule has 0 spiro atoms. The number of hydrogen-bond acceptors (Lipinski definition) is 4. The van der Waals surface area contributed by atoms with E-state index < -0.39 is 0 Å². The standard InChI is InChI=1S/C22H17FN6/c1-28-12-18(25-13-28)20-17-11-29(2)27-22(17)26-21(15-3-5-16(23)6-4-15)19(20)14-7-9-24-10-8-14/h3-13H,1-2H3. The maximum atomic E-state index is 13.6. The van der Waals surface area contributed by atoms with Gasteiger partial charge >= 0.3 is 0 Å². The quantitative estimate of drug-likeness (QED) is 0.467. The molecule has 0 saturated heterocycles. The van der Waals surface area contributed by atoms with Gasteiger partial charge in [0.1, 0.15) is 5.82 Å². The lowest BCUT2D eigenvalue weighted by molar-refractivity contribution is 0.628. The number of benzene rings is 1. The maximum Gasteiger partial charge on any atom is 0.182 e. The summed E-state index contributed by atoms with van der Waals surface area (Å²) in [5.41, 5.74) is 5.78. The van der Waals surface area contributed by atoms with Gasteiger partial charge in [0.25, 0.3) is 0 Å². The lowest BCUT2D eigenvalue weighted by atomic mass is 9.92. The number of pyridine rings is 2. The van der Waals surface area contributed by atoms with Crippen molar-refractivity contribution in [3.05, 3.63) is 73.3 Å². The van der Waals surface area contributed by atoms with Crippen molar-refractivity contribution in [1.29, 1.82) is 0 Å². The molecule has 1 aromatic carbocycles. The van der Waals surface area contributed by atoms with E-state index in [0.29, 0.717) is 5.65 Å². The first-order valence-electron chi connectivity index (χ1n) is 9.12. The Morgan fingerprint density at radius 3 is 2.31 bits per heavy atom. The second-order valence-corrected chi connectivity index (χ2v) is 6.92. The van der Waals surface area contributed by atoms with E-state index in [9.17, 15) is 4.39 Å². The zero-order valence-electron chi connectivity index (χ0n) is 15.9. The number of halogens is 1. The fourth-order valence-electron chi connectivity index (χ4n) is 3.57. The summed E-state index contributed by atoms with van der Waals surface area (Å²) in [4.78, 5) is 13.6. The highest BCUT2D eigenvalue weighted by molar-refractivity contribution is 6.05. The molecule has 0 unspecified atom stereocenters. The third-order valence-corrected chi connectivity index (χ3v) is 4.83. The lowest BCUT2D eigenvalue weighted by Gasteiger charge is -2.15. The summed E-state index contributed by atoms with van der Waals surface area (Å²) in [6.07, 6.45) is 9.19. The fourth-order valence-corrected chi connectivity index (χ4v) is 3.57. The Hall–Kier alpha value is -3.87. The van der Waals surface area contributed by atoms with Gasteiger partial charge in [-0.2, -0.15) is 5.10 Å². The van der Waals surface area contributed by atoms with Crippen LogP contribution in [-0.2, 0) is 14.1 Å². The summed E-state index contributed by atoms with van der Waals surface area (Å²) in [5.74, 6) is -0.289.